The lowest BCUT2D eigenvalue weighted by Gasteiger charge is -2.13. The van der Waals surface area contributed by atoms with Crippen molar-refractivity contribution < 1.29 is 4.74 Å². The van der Waals surface area contributed by atoms with Crippen LogP contribution in [0.1, 0.15) is 25.1 Å². The van der Waals surface area contributed by atoms with Gasteiger partial charge in [-0.1, -0.05) is 41.9 Å². The van der Waals surface area contributed by atoms with Crippen LogP contribution in [-0.4, -0.2) is 15.9 Å². The number of ether oxygens (including phenoxy) is 1. The van der Waals surface area contributed by atoms with Crippen LogP contribution in [0.2, 0.25) is 5.02 Å². The first-order valence-corrected chi connectivity index (χ1v) is 8.27. The number of rotatable bonds is 5. The summed E-state index contributed by atoms with van der Waals surface area (Å²) in [6.45, 7) is 4.01. The van der Waals surface area contributed by atoms with Crippen LogP contribution in [0, 0.1) is 0 Å². The molecule has 0 unspecified atom stereocenters. The molecule has 0 bridgehead atoms. The van der Waals surface area contributed by atoms with E-state index in [4.69, 9.17) is 16.3 Å². The molecule has 0 radical (unpaired) electrons. The van der Waals surface area contributed by atoms with E-state index in [0.717, 1.165) is 16.6 Å². The fourth-order valence-electron chi connectivity index (χ4n) is 2.54. The number of hydrogen-bond acceptors (Lipinski definition) is 3. The van der Waals surface area contributed by atoms with Gasteiger partial charge in [0.2, 0.25) is 0 Å². The molecule has 2 aromatic carbocycles. The smallest absolute Gasteiger partial charge is 0.276 e. The van der Waals surface area contributed by atoms with Gasteiger partial charge in [-0.15, -0.1) is 0 Å². The first-order chi connectivity index (χ1) is 11.5. The normalized spacial score (nSPS) is 11.3. The molecule has 1 aromatic heterocycles. The topological polar surface area (TPSA) is 44.1 Å². The van der Waals surface area contributed by atoms with Gasteiger partial charge >= 0.3 is 0 Å². The maximum atomic E-state index is 12.6. The molecule has 5 heteroatoms. The highest BCUT2D eigenvalue weighted by Crippen LogP contribution is 2.18. The van der Waals surface area contributed by atoms with Crippen molar-refractivity contribution >= 4 is 22.4 Å². The molecule has 124 valence electrons. The van der Waals surface area contributed by atoms with E-state index in [1.54, 1.807) is 0 Å². The van der Waals surface area contributed by atoms with Gasteiger partial charge in [0.05, 0.1) is 17.2 Å². The van der Waals surface area contributed by atoms with Crippen LogP contribution in [0.25, 0.3) is 10.8 Å². The van der Waals surface area contributed by atoms with Crippen molar-refractivity contribution in [3.8, 4) is 0 Å². The van der Waals surface area contributed by atoms with E-state index in [1.807, 2.05) is 62.4 Å². The van der Waals surface area contributed by atoms with Crippen LogP contribution in [0.5, 0.6) is 0 Å². The van der Waals surface area contributed by atoms with Gasteiger partial charge in [-0.2, -0.15) is 5.10 Å². The van der Waals surface area contributed by atoms with Gasteiger partial charge in [0.1, 0.15) is 6.73 Å². The number of halogens is 1. The summed E-state index contributed by atoms with van der Waals surface area (Å²) in [7, 11) is 0. The van der Waals surface area contributed by atoms with Crippen LogP contribution in [0.4, 0.5) is 0 Å². The summed E-state index contributed by atoms with van der Waals surface area (Å²) in [6.07, 6.45) is 0.657. The number of aromatic nitrogens is 2. The Morgan fingerprint density at radius 1 is 1.08 bits per heavy atom. The van der Waals surface area contributed by atoms with Gasteiger partial charge in [-0.05, 0) is 37.6 Å². The molecule has 3 rings (SSSR count). The highest BCUT2D eigenvalue weighted by molar-refractivity contribution is 6.30. The maximum Gasteiger partial charge on any atom is 0.276 e. The highest BCUT2D eigenvalue weighted by Gasteiger charge is 2.11. The molecule has 4 nitrogen and oxygen atoms in total. The predicted molar refractivity (Wildman–Crippen MR) is 96.5 cm³/mol. The van der Waals surface area contributed by atoms with Gasteiger partial charge in [0, 0.05) is 16.8 Å². The van der Waals surface area contributed by atoms with E-state index in [2.05, 4.69) is 5.10 Å². The second kappa shape index (κ2) is 7.16. The maximum absolute atomic E-state index is 12.6. The molecule has 0 atom stereocenters. The Kier molecular flexibility index (Phi) is 4.97. The second-order valence-electron chi connectivity index (χ2n) is 5.94. The minimum absolute atomic E-state index is 0.0323. The Bertz CT molecular complexity index is 901. The number of nitrogens with zero attached hydrogens (tertiary/aromatic N) is 2. The van der Waals surface area contributed by atoms with Crippen molar-refractivity contribution in [1.82, 2.24) is 9.78 Å². The third-order valence-electron chi connectivity index (χ3n) is 3.76. The molecule has 0 saturated heterocycles. The molecule has 0 aliphatic carbocycles. The fraction of sp³-hybridized carbons (Fsp3) is 0.263. The summed E-state index contributed by atoms with van der Waals surface area (Å²) in [4.78, 5) is 12.6. The van der Waals surface area contributed by atoms with Crippen molar-refractivity contribution in [3.63, 3.8) is 0 Å². The molecular formula is C19H19ClN2O2. The Labute approximate surface area is 145 Å². The molecule has 0 amide bonds. The fourth-order valence-corrected chi connectivity index (χ4v) is 2.66. The van der Waals surface area contributed by atoms with Crippen LogP contribution < -0.4 is 5.56 Å². The Morgan fingerprint density at radius 3 is 2.42 bits per heavy atom. The summed E-state index contributed by atoms with van der Waals surface area (Å²) < 4.78 is 6.96. The molecule has 0 aliphatic rings. The van der Waals surface area contributed by atoms with Crippen LogP contribution in [0.3, 0.4) is 0 Å². The van der Waals surface area contributed by atoms with Crippen molar-refractivity contribution in [2.24, 2.45) is 0 Å². The highest BCUT2D eigenvalue weighted by atomic mass is 35.5. The Hall–Kier alpha value is -2.17. The third kappa shape index (κ3) is 3.66. The zero-order chi connectivity index (χ0) is 17.1. The lowest BCUT2D eigenvalue weighted by atomic mass is 10.0. The van der Waals surface area contributed by atoms with E-state index in [1.165, 1.54) is 4.68 Å². The summed E-state index contributed by atoms with van der Waals surface area (Å²) in [5.41, 5.74) is 1.80. The monoisotopic (exact) mass is 342 g/mol. The molecule has 0 N–H and O–H groups in total. The molecular weight excluding hydrogens is 324 g/mol. The van der Waals surface area contributed by atoms with Crippen molar-refractivity contribution in [3.05, 3.63) is 75.2 Å². The van der Waals surface area contributed by atoms with Crippen LogP contribution in [-0.2, 0) is 17.9 Å². The van der Waals surface area contributed by atoms with Crippen molar-refractivity contribution in [2.75, 3.05) is 0 Å². The minimum atomic E-state index is -0.133. The summed E-state index contributed by atoms with van der Waals surface area (Å²) in [5, 5.41) is 6.77. The lowest BCUT2D eigenvalue weighted by Crippen LogP contribution is -2.27. The van der Waals surface area contributed by atoms with E-state index in [0.29, 0.717) is 16.8 Å². The Balaban J connectivity index is 2.06. The minimum Gasteiger partial charge on any atom is -0.356 e. The molecule has 0 aliphatic heterocycles. The molecule has 0 spiro atoms. The van der Waals surface area contributed by atoms with Crippen molar-refractivity contribution in [2.45, 2.75) is 33.1 Å². The van der Waals surface area contributed by atoms with E-state index in [9.17, 15) is 4.79 Å². The quantitative estimate of drug-likeness (QED) is 0.703. The summed E-state index contributed by atoms with van der Waals surface area (Å²) in [5.74, 6) is 0. The van der Waals surface area contributed by atoms with E-state index in [-0.39, 0.29) is 18.4 Å². The average molecular weight is 343 g/mol. The molecule has 0 fully saturated rings. The lowest BCUT2D eigenvalue weighted by molar-refractivity contribution is 0.0194. The van der Waals surface area contributed by atoms with Gasteiger partial charge in [0.25, 0.3) is 5.56 Å². The van der Waals surface area contributed by atoms with Gasteiger partial charge in [-0.3, -0.25) is 4.79 Å². The largest absolute Gasteiger partial charge is 0.356 e. The number of fused-ring (bicyclic) bond motifs is 1. The second-order valence-corrected chi connectivity index (χ2v) is 6.38. The zero-order valence-electron chi connectivity index (χ0n) is 13.7. The first kappa shape index (κ1) is 16.7. The zero-order valence-corrected chi connectivity index (χ0v) is 14.5. The molecule has 0 saturated carbocycles. The van der Waals surface area contributed by atoms with Crippen molar-refractivity contribution in [1.29, 1.82) is 0 Å². The van der Waals surface area contributed by atoms with E-state index < -0.39 is 0 Å². The molecule has 1 heterocycles. The standard InChI is InChI=1S/C19H19ClN2O2/c1-13(2)24-12-22-19(23)17-6-4-3-5-16(17)18(21-22)11-14-7-9-15(20)10-8-14/h3-10,13H,11-12H2,1-2H3. The molecule has 3 aromatic rings. The van der Waals surface area contributed by atoms with Gasteiger partial charge in [0.15, 0.2) is 0 Å². The van der Waals surface area contributed by atoms with Gasteiger partial charge < -0.3 is 4.74 Å². The SMILES string of the molecule is CC(C)OCn1nc(Cc2ccc(Cl)cc2)c2ccccc2c1=O. The van der Waals surface area contributed by atoms with Gasteiger partial charge in [-0.25, -0.2) is 4.68 Å². The Morgan fingerprint density at radius 2 is 1.75 bits per heavy atom. The number of benzene rings is 2. The average Bonchev–Trinajstić information content (AvgIpc) is 2.58. The first-order valence-electron chi connectivity index (χ1n) is 7.89. The summed E-state index contributed by atoms with van der Waals surface area (Å²) >= 11 is 5.95. The summed E-state index contributed by atoms with van der Waals surface area (Å²) in [6, 6.07) is 15.2. The third-order valence-corrected chi connectivity index (χ3v) is 4.01. The van der Waals surface area contributed by atoms with Crippen LogP contribution >= 0.6 is 11.6 Å². The van der Waals surface area contributed by atoms with E-state index >= 15 is 0 Å². The number of hydrogen-bond donors (Lipinski definition) is 0. The predicted octanol–water partition coefficient (Wildman–Crippen LogP) is 4.02. The molecule has 24 heavy (non-hydrogen) atoms. The van der Waals surface area contributed by atoms with Crippen LogP contribution in [0.15, 0.2) is 53.3 Å².